The van der Waals surface area contributed by atoms with Crippen LogP contribution in [0.2, 0.25) is 0 Å². The van der Waals surface area contributed by atoms with Gasteiger partial charge in [0.05, 0.1) is 11.2 Å². The van der Waals surface area contributed by atoms with Crippen molar-refractivity contribution in [2.45, 2.75) is 34.6 Å². The van der Waals surface area contributed by atoms with E-state index in [9.17, 15) is 4.39 Å². The summed E-state index contributed by atoms with van der Waals surface area (Å²) in [5.74, 6) is -0.288. The maximum atomic E-state index is 15.4. The van der Waals surface area contributed by atoms with E-state index < -0.39 is 5.82 Å². The first-order valence-corrected chi connectivity index (χ1v) is 13.3. The second-order valence-electron chi connectivity index (χ2n) is 10.7. The third-order valence-electron chi connectivity index (χ3n) is 6.82. The van der Waals surface area contributed by atoms with Crippen molar-refractivity contribution in [3.05, 3.63) is 132 Å². The maximum Gasteiger partial charge on any atom is 0.159 e. The normalized spacial score (nSPS) is 13.0. The summed E-state index contributed by atoms with van der Waals surface area (Å²) in [7, 11) is 0. The number of imidazole rings is 1. The topological polar surface area (TPSA) is 69.4 Å². The van der Waals surface area contributed by atoms with Crippen LogP contribution in [0.25, 0.3) is 33.6 Å². The Hall–Kier alpha value is -4.78. The minimum atomic E-state index is -0.401. The maximum absolute atomic E-state index is 15.4. The van der Waals surface area contributed by atoms with Crippen LogP contribution < -0.4 is 5.32 Å². The lowest BCUT2D eigenvalue weighted by atomic mass is 9.92. The molecule has 2 heterocycles. The highest BCUT2D eigenvalue weighted by Gasteiger charge is 2.21. The number of halogens is 2. The van der Waals surface area contributed by atoms with Crippen LogP contribution in [0.5, 0.6) is 0 Å². The number of nitrogens with zero attached hydrogens (tertiary/aromatic N) is 2. The van der Waals surface area contributed by atoms with E-state index in [1.165, 1.54) is 12.1 Å². The molecule has 3 N–H and O–H groups in total. The Morgan fingerprint density at radius 2 is 1.78 bits per heavy atom. The van der Waals surface area contributed by atoms with Gasteiger partial charge in [-0.3, -0.25) is 5.10 Å². The zero-order valence-corrected chi connectivity index (χ0v) is 24.1. The highest BCUT2D eigenvalue weighted by atomic mass is 19.1. The van der Waals surface area contributed by atoms with Crippen LogP contribution in [-0.2, 0) is 0 Å². The van der Waals surface area contributed by atoms with Crippen molar-refractivity contribution in [2.24, 2.45) is 5.41 Å². The van der Waals surface area contributed by atoms with Crippen molar-refractivity contribution in [1.82, 2.24) is 25.5 Å². The lowest BCUT2D eigenvalue weighted by Gasteiger charge is -2.24. The van der Waals surface area contributed by atoms with E-state index in [0.717, 1.165) is 11.4 Å². The summed E-state index contributed by atoms with van der Waals surface area (Å²) in [5, 5.41) is 11.3. The molecular formula is C34H35F2N5. The van der Waals surface area contributed by atoms with Crippen molar-refractivity contribution >= 4 is 22.0 Å². The van der Waals surface area contributed by atoms with Gasteiger partial charge in [0.2, 0.25) is 0 Å². The lowest BCUT2D eigenvalue weighted by Crippen LogP contribution is -2.22. The number of nitrogens with one attached hydrogen (secondary N) is 3. The standard InChI is InChI=1S/C34H35F2N5/c1-9-14-25(24-15-12-13-16-28(24)35)31-20(4)37-33(39-31)32-27-18-26(29(36)19-30(27)40-41-32)22(10-2)17-23(11-3)38-21(5)34(6,7)8/h9-19,38H,1,3,5H2,2,4,6-8H3,(H,37,39)(H,40,41)/b22-10+,23-17+,25-14-. The van der Waals surface area contributed by atoms with E-state index in [4.69, 9.17) is 4.98 Å². The Morgan fingerprint density at radius 3 is 2.41 bits per heavy atom. The number of benzene rings is 2. The van der Waals surface area contributed by atoms with Gasteiger partial charge in [0.25, 0.3) is 0 Å². The first kappa shape index (κ1) is 29.2. The highest BCUT2D eigenvalue weighted by molar-refractivity contribution is 5.95. The molecule has 0 aliphatic heterocycles. The third-order valence-corrected chi connectivity index (χ3v) is 6.82. The second kappa shape index (κ2) is 11.8. The summed E-state index contributed by atoms with van der Waals surface area (Å²) in [6.07, 6.45) is 8.68. The fourth-order valence-electron chi connectivity index (χ4n) is 4.36. The molecule has 0 amide bonds. The SMILES string of the molecule is C=C/C=C(/c1ccccc1F)c1nc(-c2n[nH]c3cc(F)c(C(/C=C(\C=C)NC(=C)C(C)(C)C)=C/C)cc23)[nH]c1C. The van der Waals surface area contributed by atoms with E-state index >= 15 is 4.39 Å². The molecule has 210 valence electrons. The van der Waals surface area contributed by atoms with Crippen LogP contribution in [0, 0.1) is 24.0 Å². The van der Waals surface area contributed by atoms with Gasteiger partial charge in [-0.25, -0.2) is 13.8 Å². The number of hydrogen-bond donors (Lipinski definition) is 3. The Kier molecular flexibility index (Phi) is 8.38. The summed E-state index contributed by atoms with van der Waals surface area (Å²) in [6, 6.07) is 9.70. The monoisotopic (exact) mass is 551 g/mol. The quantitative estimate of drug-likeness (QED) is 0.182. The number of rotatable bonds is 9. The molecule has 2 aromatic heterocycles. The van der Waals surface area contributed by atoms with Crippen LogP contribution in [0.1, 0.15) is 50.2 Å². The molecule has 0 atom stereocenters. The number of aromatic amines is 2. The number of aryl methyl sites for hydroxylation is 1. The van der Waals surface area contributed by atoms with E-state index in [1.807, 2.05) is 26.0 Å². The Balaban J connectivity index is 1.79. The summed E-state index contributed by atoms with van der Waals surface area (Å²) in [6.45, 7) is 21.7. The summed E-state index contributed by atoms with van der Waals surface area (Å²) in [4.78, 5) is 8.08. The molecular weight excluding hydrogens is 516 g/mol. The van der Waals surface area contributed by atoms with Crippen molar-refractivity contribution in [3.63, 3.8) is 0 Å². The fourth-order valence-corrected chi connectivity index (χ4v) is 4.36. The molecule has 0 unspecified atom stereocenters. The van der Waals surface area contributed by atoms with Crippen LogP contribution in [0.3, 0.4) is 0 Å². The predicted molar refractivity (Wildman–Crippen MR) is 166 cm³/mol. The Labute approximate surface area is 239 Å². The number of allylic oxidation sites excluding steroid dienone is 7. The van der Waals surface area contributed by atoms with Crippen LogP contribution in [0.4, 0.5) is 8.78 Å². The molecule has 0 aliphatic rings. The van der Waals surface area contributed by atoms with Gasteiger partial charge < -0.3 is 10.3 Å². The van der Waals surface area contributed by atoms with E-state index in [2.05, 4.69) is 61.0 Å². The fraction of sp³-hybridized carbons (Fsp3) is 0.176. The van der Waals surface area contributed by atoms with Gasteiger partial charge in [-0.05, 0) is 43.7 Å². The van der Waals surface area contributed by atoms with E-state index in [-0.39, 0.29) is 11.2 Å². The average Bonchev–Trinajstić information content (AvgIpc) is 3.51. The largest absolute Gasteiger partial charge is 0.359 e. The Morgan fingerprint density at radius 1 is 1.05 bits per heavy atom. The van der Waals surface area contributed by atoms with E-state index in [0.29, 0.717) is 56.1 Å². The summed E-state index contributed by atoms with van der Waals surface area (Å²) >= 11 is 0. The van der Waals surface area contributed by atoms with Crippen molar-refractivity contribution < 1.29 is 8.78 Å². The van der Waals surface area contributed by atoms with Crippen LogP contribution >= 0.6 is 0 Å². The number of aromatic nitrogens is 4. The molecule has 0 radical (unpaired) electrons. The molecule has 2 aromatic carbocycles. The molecule has 0 bridgehead atoms. The molecule has 41 heavy (non-hydrogen) atoms. The minimum absolute atomic E-state index is 0.166. The highest BCUT2D eigenvalue weighted by Crippen LogP contribution is 2.33. The van der Waals surface area contributed by atoms with Crippen LogP contribution in [-0.4, -0.2) is 20.2 Å². The number of H-pyrrole nitrogens is 2. The molecule has 7 heteroatoms. The third kappa shape index (κ3) is 6.04. The van der Waals surface area contributed by atoms with Crippen LogP contribution in [0.15, 0.2) is 97.9 Å². The average molecular weight is 552 g/mol. The minimum Gasteiger partial charge on any atom is -0.359 e. The zero-order chi connectivity index (χ0) is 29.9. The first-order valence-electron chi connectivity index (χ1n) is 13.3. The molecule has 0 spiro atoms. The lowest BCUT2D eigenvalue weighted by molar-refractivity contribution is 0.478. The van der Waals surface area contributed by atoms with Gasteiger partial charge in [-0.2, -0.15) is 5.10 Å². The smallest absolute Gasteiger partial charge is 0.159 e. The van der Waals surface area contributed by atoms with Gasteiger partial charge in [0, 0.05) is 50.7 Å². The van der Waals surface area contributed by atoms with E-state index in [1.54, 1.807) is 42.5 Å². The number of fused-ring (bicyclic) bond motifs is 1. The molecule has 0 saturated heterocycles. The first-order chi connectivity index (χ1) is 19.5. The molecule has 5 nitrogen and oxygen atoms in total. The predicted octanol–water partition coefficient (Wildman–Crippen LogP) is 8.78. The molecule has 0 saturated carbocycles. The molecule has 4 aromatic rings. The second-order valence-corrected chi connectivity index (χ2v) is 10.7. The van der Waals surface area contributed by atoms with Gasteiger partial charge in [-0.1, -0.05) is 76.9 Å². The molecule has 0 fully saturated rings. The van der Waals surface area contributed by atoms with Gasteiger partial charge in [0.15, 0.2) is 5.82 Å². The van der Waals surface area contributed by atoms with Crippen molar-refractivity contribution in [2.75, 3.05) is 0 Å². The van der Waals surface area contributed by atoms with Gasteiger partial charge in [0.1, 0.15) is 17.3 Å². The molecule has 4 rings (SSSR count). The van der Waals surface area contributed by atoms with Crippen molar-refractivity contribution in [1.29, 1.82) is 0 Å². The Bertz CT molecular complexity index is 1740. The van der Waals surface area contributed by atoms with Crippen molar-refractivity contribution in [3.8, 4) is 11.5 Å². The zero-order valence-electron chi connectivity index (χ0n) is 24.1. The molecule has 0 aliphatic carbocycles. The summed E-state index contributed by atoms with van der Waals surface area (Å²) < 4.78 is 30.1. The number of hydrogen-bond acceptors (Lipinski definition) is 3. The van der Waals surface area contributed by atoms with Gasteiger partial charge in [-0.15, -0.1) is 0 Å². The summed E-state index contributed by atoms with van der Waals surface area (Å²) in [5.41, 5.74) is 5.75. The van der Waals surface area contributed by atoms with Gasteiger partial charge >= 0.3 is 0 Å².